The summed E-state index contributed by atoms with van der Waals surface area (Å²) in [5, 5.41) is 14.8. The Morgan fingerprint density at radius 3 is 2.53 bits per heavy atom. The smallest absolute Gasteiger partial charge is 0.223 e. The highest BCUT2D eigenvalue weighted by atomic mass is 32.1. The van der Waals surface area contributed by atoms with Gasteiger partial charge in [0.1, 0.15) is 0 Å². The van der Waals surface area contributed by atoms with Crippen molar-refractivity contribution < 1.29 is 9.90 Å². The van der Waals surface area contributed by atoms with E-state index in [2.05, 4.69) is 19.2 Å². The second kappa shape index (κ2) is 9.10. The highest BCUT2D eigenvalue weighted by Crippen LogP contribution is 2.21. The summed E-state index contributed by atoms with van der Waals surface area (Å²) in [5.74, 6) is 0.274. The van der Waals surface area contributed by atoms with Gasteiger partial charge in [0.25, 0.3) is 0 Å². The SMILES string of the molecule is CCCC(CCC)C(=O)NCCC(O)c1cccs1. The van der Waals surface area contributed by atoms with E-state index in [-0.39, 0.29) is 11.8 Å². The Balaban J connectivity index is 2.29. The number of rotatable bonds is 9. The fourth-order valence-corrected chi connectivity index (χ4v) is 2.95. The molecule has 19 heavy (non-hydrogen) atoms. The van der Waals surface area contributed by atoms with Gasteiger partial charge < -0.3 is 10.4 Å². The van der Waals surface area contributed by atoms with Crippen LogP contribution in [0, 0.1) is 5.92 Å². The normalized spacial score (nSPS) is 12.6. The van der Waals surface area contributed by atoms with Crippen LogP contribution in [0.25, 0.3) is 0 Å². The molecule has 0 spiro atoms. The monoisotopic (exact) mass is 283 g/mol. The summed E-state index contributed by atoms with van der Waals surface area (Å²) in [4.78, 5) is 13.0. The molecule has 1 amide bonds. The molecule has 0 saturated heterocycles. The third-order valence-electron chi connectivity index (χ3n) is 3.23. The van der Waals surface area contributed by atoms with Crippen molar-refractivity contribution in [3.8, 4) is 0 Å². The van der Waals surface area contributed by atoms with Crippen LogP contribution < -0.4 is 5.32 Å². The molecule has 0 saturated carbocycles. The molecule has 1 atom stereocenters. The van der Waals surface area contributed by atoms with Crippen LogP contribution in [-0.4, -0.2) is 17.6 Å². The van der Waals surface area contributed by atoms with Gasteiger partial charge in [-0.2, -0.15) is 0 Å². The molecule has 0 radical (unpaired) electrons. The first-order valence-corrected chi connectivity index (χ1v) is 8.06. The van der Waals surface area contributed by atoms with E-state index in [1.807, 2.05) is 17.5 Å². The van der Waals surface area contributed by atoms with Crippen LogP contribution in [0.1, 0.15) is 56.9 Å². The van der Waals surface area contributed by atoms with Gasteiger partial charge in [0.15, 0.2) is 0 Å². The summed E-state index contributed by atoms with van der Waals surface area (Å²) in [6, 6.07) is 3.86. The first-order valence-electron chi connectivity index (χ1n) is 7.18. The van der Waals surface area contributed by atoms with Crippen molar-refractivity contribution >= 4 is 17.2 Å². The molecular formula is C15H25NO2S. The lowest BCUT2D eigenvalue weighted by Crippen LogP contribution is -2.32. The number of carbonyl (C=O) groups excluding carboxylic acids is 1. The van der Waals surface area contributed by atoms with Crippen molar-refractivity contribution in [3.63, 3.8) is 0 Å². The van der Waals surface area contributed by atoms with Gasteiger partial charge in [0.05, 0.1) is 6.10 Å². The molecule has 1 heterocycles. The van der Waals surface area contributed by atoms with Crippen molar-refractivity contribution in [3.05, 3.63) is 22.4 Å². The molecule has 0 fully saturated rings. The third kappa shape index (κ3) is 5.74. The molecule has 0 aromatic carbocycles. The maximum Gasteiger partial charge on any atom is 0.223 e. The van der Waals surface area contributed by atoms with Gasteiger partial charge in [0, 0.05) is 17.3 Å². The first kappa shape index (κ1) is 16.2. The summed E-state index contributed by atoms with van der Waals surface area (Å²) < 4.78 is 0. The van der Waals surface area contributed by atoms with E-state index in [0.717, 1.165) is 30.6 Å². The highest BCUT2D eigenvalue weighted by molar-refractivity contribution is 7.10. The minimum absolute atomic E-state index is 0.133. The molecule has 0 aliphatic rings. The number of hydrogen-bond acceptors (Lipinski definition) is 3. The number of aliphatic hydroxyl groups excluding tert-OH is 1. The van der Waals surface area contributed by atoms with Crippen molar-refractivity contribution in [2.45, 2.75) is 52.1 Å². The lowest BCUT2D eigenvalue weighted by atomic mass is 9.97. The van der Waals surface area contributed by atoms with E-state index in [1.165, 1.54) is 0 Å². The van der Waals surface area contributed by atoms with Gasteiger partial charge in [0.2, 0.25) is 5.91 Å². The molecule has 1 aromatic rings. The quantitative estimate of drug-likeness (QED) is 0.728. The van der Waals surface area contributed by atoms with Crippen molar-refractivity contribution in [1.82, 2.24) is 5.32 Å². The first-order chi connectivity index (χ1) is 9.19. The van der Waals surface area contributed by atoms with E-state index in [4.69, 9.17) is 0 Å². The Morgan fingerprint density at radius 1 is 1.32 bits per heavy atom. The molecule has 108 valence electrons. The number of hydrogen-bond donors (Lipinski definition) is 2. The Kier molecular flexibility index (Phi) is 7.75. The maximum absolute atomic E-state index is 12.0. The number of nitrogens with one attached hydrogen (secondary N) is 1. The molecule has 1 rings (SSSR count). The van der Waals surface area contributed by atoms with E-state index in [0.29, 0.717) is 13.0 Å². The molecule has 1 aromatic heterocycles. The number of amides is 1. The number of thiophene rings is 1. The van der Waals surface area contributed by atoms with Crippen LogP contribution >= 0.6 is 11.3 Å². The topological polar surface area (TPSA) is 49.3 Å². The van der Waals surface area contributed by atoms with Crippen LogP contribution in [-0.2, 0) is 4.79 Å². The van der Waals surface area contributed by atoms with Gasteiger partial charge in [-0.15, -0.1) is 11.3 Å². The highest BCUT2D eigenvalue weighted by Gasteiger charge is 2.16. The number of aliphatic hydroxyl groups is 1. The zero-order chi connectivity index (χ0) is 14.1. The summed E-state index contributed by atoms with van der Waals surface area (Å²) >= 11 is 1.55. The van der Waals surface area contributed by atoms with Gasteiger partial charge in [-0.3, -0.25) is 4.79 Å². The minimum atomic E-state index is -0.462. The molecule has 0 aliphatic heterocycles. The Hall–Kier alpha value is -0.870. The van der Waals surface area contributed by atoms with Crippen LogP contribution in [0.5, 0.6) is 0 Å². The Morgan fingerprint density at radius 2 is 2.00 bits per heavy atom. The fourth-order valence-electron chi connectivity index (χ4n) is 2.20. The Labute approximate surface area is 120 Å². The predicted molar refractivity (Wildman–Crippen MR) is 80.2 cm³/mol. The standard InChI is InChI=1S/C15H25NO2S/c1-3-6-12(7-4-2)15(18)16-10-9-13(17)14-8-5-11-19-14/h5,8,11-13,17H,3-4,6-7,9-10H2,1-2H3,(H,16,18). The molecular weight excluding hydrogens is 258 g/mol. The third-order valence-corrected chi connectivity index (χ3v) is 4.21. The molecule has 0 aliphatic carbocycles. The summed E-state index contributed by atoms with van der Waals surface area (Å²) in [6.45, 7) is 4.76. The lowest BCUT2D eigenvalue weighted by Gasteiger charge is -2.16. The molecule has 3 nitrogen and oxygen atoms in total. The van der Waals surface area contributed by atoms with E-state index in [1.54, 1.807) is 11.3 Å². The van der Waals surface area contributed by atoms with E-state index < -0.39 is 6.10 Å². The summed E-state index contributed by atoms with van der Waals surface area (Å²) in [6.07, 6.45) is 4.10. The van der Waals surface area contributed by atoms with Gasteiger partial charge in [-0.1, -0.05) is 32.8 Å². The molecule has 4 heteroatoms. The van der Waals surface area contributed by atoms with Crippen LogP contribution in [0.15, 0.2) is 17.5 Å². The summed E-state index contributed by atoms with van der Waals surface area (Å²) in [5.41, 5.74) is 0. The van der Waals surface area contributed by atoms with Crippen molar-refractivity contribution in [1.29, 1.82) is 0 Å². The van der Waals surface area contributed by atoms with Crippen molar-refractivity contribution in [2.75, 3.05) is 6.54 Å². The zero-order valence-electron chi connectivity index (χ0n) is 11.9. The largest absolute Gasteiger partial charge is 0.388 e. The second-order valence-corrected chi connectivity index (χ2v) is 5.86. The van der Waals surface area contributed by atoms with Gasteiger partial charge in [-0.05, 0) is 30.7 Å². The van der Waals surface area contributed by atoms with Crippen LogP contribution in [0.3, 0.4) is 0 Å². The van der Waals surface area contributed by atoms with Crippen molar-refractivity contribution in [2.24, 2.45) is 5.92 Å². The number of carbonyl (C=O) groups is 1. The average Bonchev–Trinajstić information content (AvgIpc) is 2.92. The predicted octanol–water partition coefficient (Wildman–Crippen LogP) is 3.50. The van der Waals surface area contributed by atoms with Crippen LogP contribution in [0.4, 0.5) is 0 Å². The summed E-state index contributed by atoms with van der Waals surface area (Å²) in [7, 11) is 0. The minimum Gasteiger partial charge on any atom is -0.388 e. The fraction of sp³-hybridized carbons (Fsp3) is 0.667. The second-order valence-electron chi connectivity index (χ2n) is 4.89. The van der Waals surface area contributed by atoms with Crippen LogP contribution in [0.2, 0.25) is 0 Å². The van der Waals surface area contributed by atoms with Gasteiger partial charge in [-0.25, -0.2) is 0 Å². The maximum atomic E-state index is 12.0. The zero-order valence-corrected chi connectivity index (χ0v) is 12.7. The Bertz CT molecular complexity index is 345. The lowest BCUT2D eigenvalue weighted by molar-refractivity contribution is -0.125. The molecule has 2 N–H and O–H groups in total. The average molecular weight is 283 g/mol. The van der Waals surface area contributed by atoms with Gasteiger partial charge >= 0.3 is 0 Å². The van der Waals surface area contributed by atoms with E-state index in [9.17, 15) is 9.90 Å². The molecule has 1 unspecified atom stereocenters. The molecule has 0 bridgehead atoms. The van der Waals surface area contributed by atoms with E-state index >= 15 is 0 Å².